The number of fused-ring (bicyclic) bond motifs is 5. The molecule has 24 heavy (non-hydrogen) atoms. The number of furan rings is 1. The van der Waals surface area contributed by atoms with Gasteiger partial charge in [0.2, 0.25) is 5.71 Å². The van der Waals surface area contributed by atoms with Gasteiger partial charge in [0.15, 0.2) is 11.4 Å². The molecule has 126 valence electrons. The van der Waals surface area contributed by atoms with E-state index < -0.39 is 0 Å². The summed E-state index contributed by atoms with van der Waals surface area (Å²) < 4.78 is 6.09. The molecular weight excluding hydrogens is 302 g/mol. The molecule has 1 aliphatic carbocycles. The van der Waals surface area contributed by atoms with Crippen molar-refractivity contribution >= 4 is 28.0 Å². The zero-order valence-corrected chi connectivity index (χ0v) is 14.1. The predicted molar refractivity (Wildman–Crippen MR) is 95.3 cm³/mol. The Kier molecular flexibility index (Phi) is 4.06. The van der Waals surface area contributed by atoms with Gasteiger partial charge in [-0.2, -0.15) is 0 Å². The highest BCUT2D eigenvalue weighted by Crippen LogP contribution is 2.37. The number of pyridine rings is 1. The van der Waals surface area contributed by atoms with Gasteiger partial charge in [0.25, 0.3) is 0 Å². The van der Waals surface area contributed by atoms with E-state index in [2.05, 4.69) is 22.2 Å². The lowest BCUT2D eigenvalue weighted by molar-refractivity contribution is 0.636. The molecule has 1 aliphatic rings. The van der Waals surface area contributed by atoms with Crippen LogP contribution in [0.1, 0.15) is 43.0 Å². The molecule has 4 rings (SSSR count). The molecule has 0 unspecified atom stereocenters. The van der Waals surface area contributed by atoms with Crippen LogP contribution in [-0.2, 0) is 19.3 Å². The SMILES string of the molecule is CCCc1nc2oc3c(NCCN)ncnc3c2c2c1CCCC2. The Bertz CT molecular complexity index is 886. The third kappa shape index (κ3) is 2.41. The molecule has 3 heterocycles. The highest BCUT2D eigenvalue weighted by molar-refractivity contribution is 6.06. The van der Waals surface area contributed by atoms with Gasteiger partial charge in [-0.1, -0.05) is 13.3 Å². The molecule has 3 aromatic heterocycles. The highest BCUT2D eigenvalue weighted by atomic mass is 16.3. The Labute approximate surface area is 140 Å². The average molecular weight is 325 g/mol. The molecule has 0 bridgehead atoms. The number of aryl methyl sites for hydroxylation is 2. The Morgan fingerprint density at radius 1 is 1.21 bits per heavy atom. The second kappa shape index (κ2) is 6.36. The molecule has 0 amide bonds. The first kappa shape index (κ1) is 15.3. The van der Waals surface area contributed by atoms with Crippen molar-refractivity contribution < 1.29 is 4.42 Å². The minimum Gasteiger partial charge on any atom is -0.432 e. The van der Waals surface area contributed by atoms with Gasteiger partial charge >= 0.3 is 0 Å². The number of hydrogen-bond acceptors (Lipinski definition) is 6. The third-order valence-electron chi connectivity index (χ3n) is 4.73. The molecule has 6 nitrogen and oxygen atoms in total. The maximum atomic E-state index is 6.09. The maximum Gasteiger partial charge on any atom is 0.229 e. The first-order valence-corrected chi connectivity index (χ1v) is 8.85. The Morgan fingerprint density at radius 3 is 2.83 bits per heavy atom. The zero-order valence-electron chi connectivity index (χ0n) is 14.1. The van der Waals surface area contributed by atoms with Crippen molar-refractivity contribution in [3.8, 4) is 0 Å². The van der Waals surface area contributed by atoms with Crippen molar-refractivity contribution in [1.82, 2.24) is 15.0 Å². The van der Waals surface area contributed by atoms with Crippen molar-refractivity contribution in [2.24, 2.45) is 5.73 Å². The number of anilines is 1. The van der Waals surface area contributed by atoms with E-state index in [4.69, 9.17) is 15.1 Å². The maximum absolute atomic E-state index is 6.09. The number of nitrogens with one attached hydrogen (secondary N) is 1. The number of nitrogens with zero attached hydrogens (tertiary/aromatic N) is 3. The minimum absolute atomic E-state index is 0.542. The van der Waals surface area contributed by atoms with E-state index in [1.165, 1.54) is 29.7 Å². The Balaban J connectivity index is 1.98. The van der Waals surface area contributed by atoms with Crippen molar-refractivity contribution in [2.45, 2.75) is 45.4 Å². The molecule has 0 aromatic carbocycles. The summed E-state index contributed by atoms with van der Waals surface area (Å²) in [6.07, 6.45) is 8.33. The minimum atomic E-state index is 0.542. The number of aromatic nitrogens is 3. The zero-order chi connectivity index (χ0) is 16.5. The van der Waals surface area contributed by atoms with Crippen LogP contribution < -0.4 is 11.1 Å². The lowest BCUT2D eigenvalue weighted by Gasteiger charge is -2.19. The third-order valence-corrected chi connectivity index (χ3v) is 4.73. The molecule has 3 aromatic rings. The lowest BCUT2D eigenvalue weighted by Crippen LogP contribution is -2.14. The van der Waals surface area contributed by atoms with Gasteiger partial charge < -0.3 is 15.5 Å². The van der Waals surface area contributed by atoms with Crippen molar-refractivity contribution in [1.29, 1.82) is 0 Å². The van der Waals surface area contributed by atoms with E-state index in [1.807, 2.05) is 0 Å². The predicted octanol–water partition coefficient (Wildman–Crippen LogP) is 2.97. The Morgan fingerprint density at radius 2 is 2.04 bits per heavy atom. The standard InChI is InChI=1S/C18H23N5O/c1-2-5-13-11-6-3-4-7-12(11)14-15-16(24-18(14)23-13)17(20-9-8-19)22-10-21-15/h10H,2-9,19H2,1H3,(H,20,21,22). The van der Waals surface area contributed by atoms with Crippen LogP contribution in [-0.4, -0.2) is 28.0 Å². The lowest BCUT2D eigenvalue weighted by atomic mass is 9.88. The van der Waals surface area contributed by atoms with Crippen LogP contribution in [0.4, 0.5) is 5.82 Å². The fourth-order valence-corrected chi connectivity index (χ4v) is 3.70. The van der Waals surface area contributed by atoms with E-state index in [0.29, 0.717) is 30.2 Å². The molecule has 0 saturated heterocycles. The van der Waals surface area contributed by atoms with Gasteiger partial charge in [-0.25, -0.2) is 15.0 Å². The summed E-state index contributed by atoms with van der Waals surface area (Å²) in [6, 6.07) is 0. The quantitative estimate of drug-likeness (QED) is 0.749. The van der Waals surface area contributed by atoms with E-state index in [0.717, 1.165) is 36.6 Å². The van der Waals surface area contributed by atoms with Gasteiger partial charge in [0, 0.05) is 18.8 Å². The van der Waals surface area contributed by atoms with Crippen molar-refractivity contribution in [2.75, 3.05) is 18.4 Å². The van der Waals surface area contributed by atoms with Crippen molar-refractivity contribution in [3.63, 3.8) is 0 Å². The van der Waals surface area contributed by atoms with Gasteiger partial charge in [-0.3, -0.25) is 0 Å². The van der Waals surface area contributed by atoms with E-state index >= 15 is 0 Å². The molecule has 3 N–H and O–H groups in total. The van der Waals surface area contributed by atoms with Crippen LogP contribution in [0, 0.1) is 0 Å². The number of rotatable bonds is 5. The largest absolute Gasteiger partial charge is 0.432 e. The summed E-state index contributed by atoms with van der Waals surface area (Å²) >= 11 is 0. The van der Waals surface area contributed by atoms with Gasteiger partial charge in [-0.15, -0.1) is 0 Å². The molecule has 0 spiro atoms. The Hall–Kier alpha value is -2.21. The molecule has 0 aliphatic heterocycles. The van der Waals surface area contributed by atoms with Crippen LogP contribution in [0.15, 0.2) is 10.7 Å². The second-order valence-corrected chi connectivity index (χ2v) is 6.37. The fraction of sp³-hybridized carbons (Fsp3) is 0.500. The van der Waals surface area contributed by atoms with Gasteiger partial charge in [-0.05, 0) is 43.2 Å². The van der Waals surface area contributed by atoms with E-state index in [-0.39, 0.29) is 0 Å². The van der Waals surface area contributed by atoms with E-state index in [1.54, 1.807) is 6.33 Å². The average Bonchev–Trinajstić information content (AvgIpc) is 2.99. The monoisotopic (exact) mass is 325 g/mol. The summed E-state index contributed by atoms with van der Waals surface area (Å²) in [4.78, 5) is 13.7. The summed E-state index contributed by atoms with van der Waals surface area (Å²) in [5.41, 5.74) is 11.9. The molecule has 0 atom stereocenters. The smallest absolute Gasteiger partial charge is 0.229 e. The topological polar surface area (TPSA) is 89.9 Å². The molecule has 0 radical (unpaired) electrons. The van der Waals surface area contributed by atoms with Crippen LogP contribution in [0.25, 0.3) is 22.2 Å². The summed E-state index contributed by atoms with van der Waals surface area (Å²) in [6.45, 7) is 3.38. The summed E-state index contributed by atoms with van der Waals surface area (Å²) in [5, 5.41) is 4.30. The van der Waals surface area contributed by atoms with Crippen LogP contribution in [0.5, 0.6) is 0 Å². The molecular formula is C18H23N5O. The normalized spacial score (nSPS) is 14.2. The second-order valence-electron chi connectivity index (χ2n) is 6.37. The molecule has 0 saturated carbocycles. The first-order chi connectivity index (χ1) is 11.8. The van der Waals surface area contributed by atoms with Gasteiger partial charge in [0.05, 0.1) is 5.39 Å². The first-order valence-electron chi connectivity index (χ1n) is 8.85. The molecule has 6 heteroatoms. The van der Waals surface area contributed by atoms with Crippen LogP contribution in [0.2, 0.25) is 0 Å². The molecule has 0 fully saturated rings. The van der Waals surface area contributed by atoms with Gasteiger partial charge in [0.1, 0.15) is 11.8 Å². The highest BCUT2D eigenvalue weighted by Gasteiger charge is 2.23. The number of hydrogen-bond donors (Lipinski definition) is 2. The van der Waals surface area contributed by atoms with Crippen molar-refractivity contribution in [3.05, 3.63) is 23.1 Å². The summed E-state index contributed by atoms with van der Waals surface area (Å²) in [7, 11) is 0. The number of nitrogens with two attached hydrogens (primary N) is 1. The van der Waals surface area contributed by atoms with Crippen LogP contribution in [0.3, 0.4) is 0 Å². The van der Waals surface area contributed by atoms with Crippen LogP contribution >= 0.6 is 0 Å². The summed E-state index contributed by atoms with van der Waals surface area (Å²) in [5.74, 6) is 0.699. The van der Waals surface area contributed by atoms with E-state index in [9.17, 15) is 0 Å². The fourth-order valence-electron chi connectivity index (χ4n) is 3.70.